The van der Waals surface area contributed by atoms with Crippen molar-refractivity contribution in [3.8, 4) is 5.75 Å². The third-order valence-corrected chi connectivity index (χ3v) is 2.10. The minimum absolute atomic E-state index is 0. The summed E-state index contributed by atoms with van der Waals surface area (Å²) in [5.41, 5.74) is 2.39. The van der Waals surface area contributed by atoms with E-state index in [4.69, 9.17) is 4.74 Å². The molecule has 0 aromatic heterocycles. The SMILES string of the molecule is COc1ccc(C2=[C-]CC=C2)cc1.Cl.Cl.[Ti]. The number of hydrogen-bond acceptors (Lipinski definition) is 1. The summed E-state index contributed by atoms with van der Waals surface area (Å²) in [4.78, 5) is 0. The van der Waals surface area contributed by atoms with Crippen molar-refractivity contribution < 1.29 is 26.5 Å². The first kappa shape index (κ1) is 18.2. The first-order valence-electron chi connectivity index (χ1n) is 4.32. The summed E-state index contributed by atoms with van der Waals surface area (Å²) in [5, 5.41) is 0. The molecule has 0 radical (unpaired) electrons. The molecule has 1 aliphatic rings. The molecule has 0 saturated heterocycles. The molecule has 0 unspecified atom stereocenters. The van der Waals surface area contributed by atoms with Crippen LogP contribution in [0.1, 0.15) is 12.0 Å². The summed E-state index contributed by atoms with van der Waals surface area (Å²) in [6.45, 7) is 0. The van der Waals surface area contributed by atoms with E-state index in [1.54, 1.807) is 7.11 Å². The fourth-order valence-electron chi connectivity index (χ4n) is 1.37. The molecule has 0 saturated carbocycles. The zero-order valence-corrected chi connectivity index (χ0v) is 12.1. The van der Waals surface area contributed by atoms with Crippen molar-refractivity contribution in [2.75, 3.05) is 7.11 Å². The maximum absolute atomic E-state index is 5.08. The molecule has 4 heteroatoms. The maximum Gasteiger partial charge on any atom is 0.116 e. The van der Waals surface area contributed by atoms with E-state index in [-0.39, 0.29) is 46.5 Å². The van der Waals surface area contributed by atoms with E-state index in [2.05, 4.69) is 30.4 Å². The molecule has 0 bridgehead atoms. The van der Waals surface area contributed by atoms with Crippen molar-refractivity contribution in [1.29, 1.82) is 0 Å². The standard InChI is InChI=1S/C12H11O.2ClH.Ti/c1-13-12-8-6-11(7-9-12)10-4-2-3-5-10;;;/h2,4,6-9H,3H2,1H3;2*1H;/q-1;;;. The van der Waals surface area contributed by atoms with Gasteiger partial charge in [0.15, 0.2) is 0 Å². The van der Waals surface area contributed by atoms with Crippen LogP contribution in [0.3, 0.4) is 0 Å². The van der Waals surface area contributed by atoms with Crippen LogP contribution in [0.25, 0.3) is 5.57 Å². The second-order valence-electron chi connectivity index (χ2n) is 2.93. The fourth-order valence-corrected chi connectivity index (χ4v) is 1.37. The summed E-state index contributed by atoms with van der Waals surface area (Å²) >= 11 is 0. The fraction of sp³-hybridized carbons (Fsp3) is 0.167. The monoisotopic (exact) mass is 291 g/mol. The molecule has 0 heterocycles. The summed E-state index contributed by atoms with van der Waals surface area (Å²) in [6.07, 6.45) is 8.42. The molecule has 0 spiro atoms. The minimum Gasteiger partial charge on any atom is -0.497 e. The van der Waals surface area contributed by atoms with Gasteiger partial charge in [-0.3, -0.25) is 0 Å². The molecule has 86 valence electrons. The normalized spacial score (nSPS) is 11.7. The van der Waals surface area contributed by atoms with Crippen molar-refractivity contribution in [3.63, 3.8) is 0 Å². The Kier molecular flexibility index (Phi) is 10.1. The van der Waals surface area contributed by atoms with Gasteiger partial charge >= 0.3 is 0 Å². The van der Waals surface area contributed by atoms with Gasteiger partial charge < -0.3 is 4.74 Å². The zero-order valence-electron chi connectivity index (χ0n) is 8.90. The van der Waals surface area contributed by atoms with Crippen LogP contribution in [0.4, 0.5) is 0 Å². The van der Waals surface area contributed by atoms with Crippen molar-refractivity contribution >= 4 is 30.4 Å². The Balaban J connectivity index is 0. The predicted molar refractivity (Wildman–Crippen MR) is 67.9 cm³/mol. The smallest absolute Gasteiger partial charge is 0.116 e. The van der Waals surface area contributed by atoms with Gasteiger partial charge in [-0.2, -0.15) is 17.7 Å². The average molecular weight is 292 g/mol. The minimum atomic E-state index is 0. The molecule has 0 N–H and O–H groups in total. The summed E-state index contributed by atoms with van der Waals surface area (Å²) in [7, 11) is 1.68. The number of halogens is 2. The van der Waals surface area contributed by atoms with Crippen molar-refractivity contribution in [3.05, 3.63) is 48.1 Å². The van der Waals surface area contributed by atoms with Gasteiger partial charge in [0.1, 0.15) is 5.75 Å². The molecular formula is C12H13Cl2OTi-. The first-order valence-corrected chi connectivity index (χ1v) is 4.32. The van der Waals surface area contributed by atoms with Gasteiger partial charge in [-0.15, -0.1) is 48.6 Å². The van der Waals surface area contributed by atoms with E-state index in [0.29, 0.717) is 0 Å². The molecule has 0 aliphatic heterocycles. The van der Waals surface area contributed by atoms with Crippen LogP contribution in [0.15, 0.2) is 36.4 Å². The Morgan fingerprint density at radius 2 is 1.75 bits per heavy atom. The van der Waals surface area contributed by atoms with Gasteiger partial charge in [-0.05, 0) is 12.1 Å². The first-order chi connectivity index (χ1) is 6.40. The van der Waals surface area contributed by atoms with Crippen LogP contribution in [-0.4, -0.2) is 7.11 Å². The molecule has 0 amide bonds. The van der Waals surface area contributed by atoms with E-state index in [1.165, 1.54) is 11.1 Å². The Hall–Kier alpha value is -0.206. The van der Waals surface area contributed by atoms with Gasteiger partial charge in [0.25, 0.3) is 0 Å². The van der Waals surface area contributed by atoms with Crippen LogP contribution >= 0.6 is 24.8 Å². The van der Waals surface area contributed by atoms with E-state index in [9.17, 15) is 0 Å². The van der Waals surface area contributed by atoms with Gasteiger partial charge in [0.05, 0.1) is 7.11 Å². The average Bonchev–Trinajstić information content (AvgIpc) is 2.71. The summed E-state index contributed by atoms with van der Waals surface area (Å²) in [6, 6.07) is 8.04. The maximum atomic E-state index is 5.08. The Labute approximate surface area is 124 Å². The number of benzene rings is 1. The van der Waals surface area contributed by atoms with Crippen LogP contribution in [-0.2, 0) is 21.7 Å². The van der Waals surface area contributed by atoms with Crippen LogP contribution < -0.4 is 4.74 Å². The second kappa shape index (κ2) is 8.89. The second-order valence-corrected chi connectivity index (χ2v) is 2.93. The molecule has 1 aromatic rings. The van der Waals surface area contributed by atoms with Crippen LogP contribution in [0.2, 0.25) is 0 Å². The third kappa shape index (κ3) is 4.35. The van der Waals surface area contributed by atoms with Gasteiger partial charge in [-0.25, -0.2) is 0 Å². The molecule has 1 aliphatic carbocycles. The van der Waals surface area contributed by atoms with Gasteiger partial charge in [-0.1, -0.05) is 6.42 Å². The Morgan fingerprint density at radius 1 is 1.12 bits per heavy atom. The van der Waals surface area contributed by atoms with E-state index in [1.807, 2.05) is 12.1 Å². The number of ether oxygens (including phenoxy) is 1. The third-order valence-electron chi connectivity index (χ3n) is 2.10. The number of hydrogen-bond donors (Lipinski definition) is 0. The largest absolute Gasteiger partial charge is 0.497 e. The van der Waals surface area contributed by atoms with Crippen molar-refractivity contribution in [1.82, 2.24) is 0 Å². The van der Waals surface area contributed by atoms with E-state index >= 15 is 0 Å². The Bertz CT molecular complexity index is 358. The topological polar surface area (TPSA) is 9.23 Å². The van der Waals surface area contributed by atoms with Crippen molar-refractivity contribution in [2.24, 2.45) is 0 Å². The number of methoxy groups -OCH3 is 1. The van der Waals surface area contributed by atoms with Crippen LogP contribution in [0, 0.1) is 6.08 Å². The molecule has 1 aromatic carbocycles. The van der Waals surface area contributed by atoms with Crippen LogP contribution in [0.5, 0.6) is 5.75 Å². The molecule has 2 rings (SSSR count). The molecule has 0 atom stereocenters. The van der Waals surface area contributed by atoms with Gasteiger partial charge in [0, 0.05) is 21.7 Å². The Morgan fingerprint density at radius 3 is 2.19 bits per heavy atom. The summed E-state index contributed by atoms with van der Waals surface area (Å²) in [5.74, 6) is 0.895. The molecular weight excluding hydrogens is 279 g/mol. The molecule has 1 nitrogen and oxygen atoms in total. The van der Waals surface area contributed by atoms with E-state index < -0.39 is 0 Å². The van der Waals surface area contributed by atoms with E-state index in [0.717, 1.165) is 12.2 Å². The predicted octanol–water partition coefficient (Wildman–Crippen LogP) is 3.68. The number of rotatable bonds is 2. The van der Waals surface area contributed by atoms with Crippen molar-refractivity contribution in [2.45, 2.75) is 6.42 Å². The quantitative estimate of drug-likeness (QED) is 0.597. The molecule has 16 heavy (non-hydrogen) atoms. The number of allylic oxidation sites excluding steroid dienone is 4. The zero-order chi connectivity index (χ0) is 9.10. The summed E-state index contributed by atoms with van der Waals surface area (Å²) < 4.78 is 5.08. The molecule has 0 fully saturated rings. The van der Waals surface area contributed by atoms with Gasteiger partial charge in [0.2, 0.25) is 0 Å².